The van der Waals surface area contributed by atoms with Crippen LogP contribution in [0.4, 0.5) is 19.3 Å². The van der Waals surface area contributed by atoms with Crippen molar-refractivity contribution in [2.24, 2.45) is 0 Å². The van der Waals surface area contributed by atoms with Crippen LogP contribution in [0.2, 0.25) is 0 Å². The van der Waals surface area contributed by atoms with Crippen molar-refractivity contribution in [3.05, 3.63) is 24.3 Å². The third-order valence-corrected chi connectivity index (χ3v) is 2.71. The number of carbonyl (C=O) groups excluding carboxylic acids is 1. The monoisotopic (exact) mass is 330 g/mol. The van der Waals surface area contributed by atoms with Crippen molar-refractivity contribution in [2.75, 3.05) is 18.5 Å². The predicted octanol–water partition coefficient (Wildman–Crippen LogP) is 3.66. The maximum atomic E-state index is 12.3. The fraction of sp³-hybridized carbons (Fsp3) is 0.562. The Hall–Kier alpha value is -1.89. The number of ether oxygens (including phenoxy) is 2. The fourth-order valence-corrected chi connectivity index (χ4v) is 1.60. The third-order valence-electron chi connectivity index (χ3n) is 2.71. The molecule has 0 heterocycles. The molecule has 130 valence electrons. The van der Waals surface area contributed by atoms with E-state index < -0.39 is 24.2 Å². The van der Waals surface area contributed by atoms with Gasteiger partial charge in [0.1, 0.15) is 18.0 Å². The zero-order valence-electron chi connectivity index (χ0n) is 13.9. The standard InChI is InChI=1S/C16H24F2N2O3/c1-11(14(17)18)19-9-10-22-13-7-5-12(6-8-13)20-15(21)23-16(2,3)4/h5-8,11,14,19H,9-10H2,1-4H3,(H,20,21). The zero-order chi connectivity index (χ0) is 17.5. The molecule has 5 nitrogen and oxygen atoms in total. The highest BCUT2D eigenvalue weighted by molar-refractivity contribution is 5.84. The molecule has 0 saturated heterocycles. The van der Waals surface area contributed by atoms with Crippen LogP contribution >= 0.6 is 0 Å². The van der Waals surface area contributed by atoms with Gasteiger partial charge in [0.2, 0.25) is 0 Å². The first-order chi connectivity index (χ1) is 10.7. The summed E-state index contributed by atoms with van der Waals surface area (Å²) in [5, 5.41) is 5.27. The van der Waals surface area contributed by atoms with Crippen molar-refractivity contribution in [1.82, 2.24) is 5.32 Å². The number of nitrogens with one attached hydrogen (secondary N) is 2. The summed E-state index contributed by atoms with van der Waals surface area (Å²) in [6.07, 6.45) is -2.93. The van der Waals surface area contributed by atoms with E-state index in [1.807, 2.05) is 0 Å². The Kier molecular flexibility index (Phi) is 7.22. The highest BCUT2D eigenvalue weighted by atomic mass is 19.3. The lowest BCUT2D eigenvalue weighted by Crippen LogP contribution is -2.35. The van der Waals surface area contributed by atoms with Gasteiger partial charge in [-0.05, 0) is 52.0 Å². The van der Waals surface area contributed by atoms with Crippen molar-refractivity contribution < 1.29 is 23.0 Å². The van der Waals surface area contributed by atoms with Gasteiger partial charge in [-0.15, -0.1) is 0 Å². The quantitative estimate of drug-likeness (QED) is 0.749. The summed E-state index contributed by atoms with van der Waals surface area (Å²) in [6.45, 7) is 7.37. The van der Waals surface area contributed by atoms with Crippen molar-refractivity contribution >= 4 is 11.8 Å². The maximum Gasteiger partial charge on any atom is 0.412 e. The van der Waals surface area contributed by atoms with E-state index in [-0.39, 0.29) is 6.61 Å². The zero-order valence-corrected chi connectivity index (χ0v) is 13.9. The average Bonchev–Trinajstić information content (AvgIpc) is 2.42. The number of halogens is 2. The second kappa shape index (κ2) is 8.67. The first kappa shape index (κ1) is 19.2. The van der Waals surface area contributed by atoms with Crippen LogP contribution in [0.1, 0.15) is 27.7 Å². The Labute approximate surface area is 135 Å². The molecule has 23 heavy (non-hydrogen) atoms. The Morgan fingerprint density at radius 2 is 1.83 bits per heavy atom. The molecule has 0 fully saturated rings. The number of rotatable bonds is 7. The van der Waals surface area contributed by atoms with Gasteiger partial charge in [0.05, 0.1) is 6.04 Å². The first-order valence-electron chi connectivity index (χ1n) is 7.42. The number of hydrogen-bond acceptors (Lipinski definition) is 4. The Bertz CT molecular complexity index is 487. The average molecular weight is 330 g/mol. The summed E-state index contributed by atoms with van der Waals surface area (Å²) in [7, 11) is 0. The van der Waals surface area contributed by atoms with Crippen molar-refractivity contribution in [1.29, 1.82) is 0 Å². The minimum Gasteiger partial charge on any atom is -0.492 e. The largest absolute Gasteiger partial charge is 0.492 e. The molecule has 7 heteroatoms. The molecule has 0 bridgehead atoms. The summed E-state index contributed by atoms with van der Waals surface area (Å²) in [5.74, 6) is 0.589. The molecular formula is C16H24F2N2O3. The normalized spacial score (nSPS) is 12.8. The minimum absolute atomic E-state index is 0.274. The fourth-order valence-electron chi connectivity index (χ4n) is 1.60. The number of carbonyl (C=O) groups is 1. The number of alkyl halides is 2. The van der Waals surface area contributed by atoms with Gasteiger partial charge in [-0.25, -0.2) is 13.6 Å². The summed E-state index contributed by atoms with van der Waals surface area (Å²) in [6, 6.07) is 5.86. The second-order valence-corrected chi connectivity index (χ2v) is 6.08. The molecule has 1 aromatic rings. The van der Waals surface area contributed by atoms with E-state index in [9.17, 15) is 13.6 Å². The first-order valence-corrected chi connectivity index (χ1v) is 7.42. The van der Waals surface area contributed by atoms with Crippen LogP contribution in [-0.4, -0.2) is 37.3 Å². The van der Waals surface area contributed by atoms with Gasteiger partial charge in [0.25, 0.3) is 6.43 Å². The van der Waals surface area contributed by atoms with Gasteiger partial charge in [0.15, 0.2) is 0 Å². The lowest BCUT2D eigenvalue weighted by Gasteiger charge is -2.19. The van der Waals surface area contributed by atoms with E-state index in [2.05, 4.69) is 10.6 Å². The molecule has 1 aromatic carbocycles. The third kappa shape index (κ3) is 8.35. The van der Waals surface area contributed by atoms with Crippen LogP contribution in [0, 0.1) is 0 Å². The number of hydrogen-bond donors (Lipinski definition) is 2. The predicted molar refractivity (Wildman–Crippen MR) is 85.3 cm³/mol. The van der Waals surface area contributed by atoms with Gasteiger partial charge in [0, 0.05) is 12.2 Å². The highest BCUT2D eigenvalue weighted by Gasteiger charge is 2.16. The second-order valence-electron chi connectivity index (χ2n) is 6.08. The molecule has 1 atom stereocenters. The Morgan fingerprint density at radius 1 is 1.22 bits per heavy atom. The molecule has 1 amide bonds. The van der Waals surface area contributed by atoms with E-state index in [1.54, 1.807) is 45.0 Å². The van der Waals surface area contributed by atoms with E-state index in [0.29, 0.717) is 18.0 Å². The van der Waals surface area contributed by atoms with Gasteiger partial charge in [-0.2, -0.15) is 0 Å². The van der Waals surface area contributed by atoms with Crippen LogP contribution in [-0.2, 0) is 4.74 Å². The van der Waals surface area contributed by atoms with Crippen LogP contribution in [0.3, 0.4) is 0 Å². The Balaban J connectivity index is 2.35. The minimum atomic E-state index is -2.40. The molecule has 0 aromatic heterocycles. The molecule has 0 aliphatic carbocycles. The van der Waals surface area contributed by atoms with E-state index in [4.69, 9.17) is 9.47 Å². The molecule has 0 spiro atoms. The lowest BCUT2D eigenvalue weighted by molar-refractivity contribution is 0.0636. The molecule has 1 unspecified atom stereocenters. The summed E-state index contributed by atoms with van der Waals surface area (Å²) in [4.78, 5) is 11.6. The molecule has 0 radical (unpaired) electrons. The molecule has 1 rings (SSSR count). The van der Waals surface area contributed by atoms with Crippen LogP contribution in [0.5, 0.6) is 5.75 Å². The number of anilines is 1. The molecular weight excluding hydrogens is 306 g/mol. The summed E-state index contributed by atoms with van der Waals surface area (Å²) < 4.78 is 35.1. The van der Waals surface area contributed by atoms with Crippen LogP contribution < -0.4 is 15.4 Å². The van der Waals surface area contributed by atoms with Crippen LogP contribution in [0.25, 0.3) is 0 Å². The van der Waals surface area contributed by atoms with Gasteiger partial charge in [-0.3, -0.25) is 5.32 Å². The van der Waals surface area contributed by atoms with Crippen molar-refractivity contribution in [2.45, 2.75) is 45.8 Å². The van der Waals surface area contributed by atoms with E-state index in [0.717, 1.165) is 0 Å². The van der Waals surface area contributed by atoms with Gasteiger partial charge in [-0.1, -0.05) is 0 Å². The summed E-state index contributed by atoms with van der Waals surface area (Å²) >= 11 is 0. The Morgan fingerprint density at radius 3 is 2.35 bits per heavy atom. The van der Waals surface area contributed by atoms with E-state index >= 15 is 0 Å². The van der Waals surface area contributed by atoms with Crippen molar-refractivity contribution in [3.8, 4) is 5.75 Å². The highest BCUT2D eigenvalue weighted by Crippen LogP contribution is 2.17. The topological polar surface area (TPSA) is 59.6 Å². The lowest BCUT2D eigenvalue weighted by atomic mass is 10.2. The molecule has 0 aliphatic heterocycles. The van der Waals surface area contributed by atoms with Gasteiger partial charge >= 0.3 is 6.09 Å². The number of benzene rings is 1. The van der Waals surface area contributed by atoms with Crippen LogP contribution in [0.15, 0.2) is 24.3 Å². The van der Waals surface area contributed by atoms with Gasteiger partial charge < -0.3 is 14.8 Å². The summed E-state index contributed by atoms with van der Waals surface area (Å²) in [5.41, 5.74) is 0.0197. The molecule has 2 N–H and O–H groups in total. The number of amides is 1. The van der Waals surface area contributed by atoms with Crippen molar-refractivity contribution in [3.63, 3.8) is 0 Å². The molecule has 0 aliphatic rings. The van der Waals surface area contributed by atoms with E-state index in [1.165, 1.54) is 6.92 Å². The smallest absolute Gasteiger partial charge is 0.412 e. The SMILES string of the molecule is CC(NCCOc1ccc(NC(=O)OC(C)(C)C)cc1)C(F)F. The maximum absolute atomic E-state index is 12.3. The molecule has 0 saturated carbocycles.